The third-order valence-corrected chi connectivity index (χ3v) is 4.15. The van der Waals surface area contributed by atoms with Gasteiger partial charge in [0.25, 0.3) is 15.7 Å². The normalized spacial score (nSPS) is 11.4. The largest absolute Gasteiger partial charge is 0.494 e. The van der Waals surface area contributed by atoms with E-state index in [0.29, 0.717) is 17.9 Å². The van der Waals surface area contributed by atoms with E-state index in [2.05, 4.69) is 9.93 Å². The first kappa shape index (κ1) is 17.4. The van der Waals surface area contributed by atoms with Gasteiger partial charge in [-0.15, -0.1) is 0 Å². The molecule has 0 atom stereocenters. The minimum absolute atomic E-state index is 0.117. The van der Waals surface area contributed by atoms with E-state index in [-0.39, 0.29) is 10.6 Å². The van der Waals surface area contributed by atoms with E-state index in [1.165, 1.54) is 6.21 Å². The van der Waals surface area contributed by atoms with Gasteiger partial charge in [0.1, 0.15) is 5.75 Å². The monoisotopic (exact) mass is 349 g/mol. The molecule has 126 valence electrons. The van der Waals surface area contributed by atoms with E-state index < -0.39 is 14.9 Å². The Labute approximate surface area is 139 Å². The fraction of sp³-hybridized carbons (Fsp3) is 0.133. The molecule has 9 heteroatoms. The molecule has 0 saturated carbocycles. The first-order valence-corrected chi connectivity index (χ1v) is 8.43. The molecule has 0 unspecified atom stereocenters. The fourth-order valence-electron chi connectivity index (χ4n) is 1.82. The quantitative estimate of drug-likeness (QED) is 0.468. The highest BCUT2D eigenvalue weighted by Gasteiger charge is 2.14. The van der Waals surface area contributed by atoms with E-state index in [0.717, 1.165) is 24.3 Å². The van der Waals surface area contributed by atoms with Crippen molar-refractivity contribution in [3.05, 3.63) is 64.2 Å². The lowest BCUT2D eigenvalue weighted by Crippen LogP contribution is -2.18. The van der Waals surface area contributed by atoms with Gasteiger partial charge in [0.05, 0.1) is 22.6 Å². The Bertz CT molecular complexity index is 848. The van der Waals surface area contributed by atoms with Crippen molar-refractivity contribution >= 4 is 21.9 Å². The summed E-state index contributed by atoms with van der Waals surface area (Å²) in [5.74, 6) is 0.652. The molecule has 24 heavy (non-hydrogen) atoms. The number of nitro groups is 1. The summed E-state index contributed by atoms with van der Waals surface area (Å²) in [5, 5.41) is 14.3. The summed E-state index contributed by atoms with van der Waals surface area (Å²) in [7, 11) is -3.89. The molecule has 1 N–H and O–H groups in total. The van der Waals surface area contributed by atoms with Crippen LogP contribution in [0.1, 0.15) is 12.5 Å². The number of hydrogen-bond donors (Lipinski definition) is 1. The van der Waals surface area contributed by atoms with Gasteiger partial charge in [0.2, 0.25) is 0 Å². The lowest BCUT2D eigenvalue weighted by molar-refractivity contribution is -0.384. The van der Waals surface area contributed by atoms with Crippen LogP contribution in [0.5, 0.6) is 5.75 Å². The Morgan fingerprint density at radius 3 is 2.58 bits per heavy atom. The van der Waals surface area contributed by atoms with Crippen LogP contribution in [0.2, 0.25) is 0 Å². The van der Waals surface area contributed by atoms with Crippen molar-refractivity contribution in [2.75, 3.05) is 6.61 Å². The number of rotatable bonds is 7. The van der Waals surface area contributed by atoms with Gasteiger partial charge in [-0.2, -0.15) is 13.5 Å². The maximum Gasteiger partial charge on any atom is 0.276 e. The van der Waals surface area contributed by atoms with Gasteiger partial charge in [-0.3, -0.25) is 10.1 Å². The molecule has 0 radical (unpaired) electrons. The van der Waals surface area contributed by atoms with E-state index in [9.17, 15) is 18.5 Å². The second-order valence-electron chi connectivity index (χ2n) is 4.61. The van der Waals surface area contributed by atoms with Crippen molar-refractivity contribution in [2.45, 2.75) is 11.8 Å². The first-order valence-electron chi connectivity index (χ1n) is 6.94. The highest BCUT2D eigenvalue weighted by molar-refractivity contribution is 7.89. The van der Waals surface area contributed by atoms with Crippen LogP contribution in [-0.2, 0) is 10.0 Å². The standard InChI is InChI=1S/C15H15N3O5S/c1-2-23-14-5-3-4-12(10-14)11-16-17-24(21,22)15-8-6-13(7-9-15)18(19)20/h3-11,17H,2H2,1H3/b16-11-. The number of ether oxygens (including phenoxy) is 1. The Hall–Kier alpha value is -2.94. The Morgan fingerprint density at radius 1 is 1.25 bits per heavy atom. The average Bonchev–Trinajstić information content (AvgIpc) is 2.55. The topological polar surface area (TPSA) is 111 Å². The summed E-state index contributed by atoms with van der Waals surface area (Å²) in [5.41, 5.74) is 0.470. The Balaban J connectivity index is 2.09. The molecule has 2 rings (SSSR count). The number of sulfonamides is 1. The molecule has 0 fully saturated rings. The Morgan fingerprint density at radius 2 is 1.96 bits per heavy atom. The first-order chi connectivity index (χ1) is 11.4. The third kappa shape index (κ3) is 4.53. The smallest absolute Gasteiger partial charge is 0.276 e. The predicted molar refractivity (Wildman–Crippen MR) is 88.6 cm³/mol. The number of non-ortho nitro benzene ring substituents is 1. The molecule has 0 aromatic heterocycles. The molecule has 0 spiro atoms. The van der Waals surface area contributed by atoms with E-state index in [4.69, 9.17) is 4.74 Å². The van der Waals surface area contributed by atoms with Crippen LogP contribution in [0, 0.1) is 10.1 Å². The number of nitro benzene ring substituents is 1. The van der Waals surface area contributed by atoms with Crippen LogP contribution in [0.4, 0.5) is 5.69 Å². The number of nitrogens with zero attached hydrogens (tertiary/aromatic N) is 2. The zero-order valence-corrected chi connectivity index (χ0v) is 13.6. The molecule has 0 bridgehead atoms. The molecular formula is C15H15N3O5S. The molecule has 0 aliphatic heterocycles. The van der Waals surface area contributed by atoms with Gasteiger partial charge in [0, 0.05) is 12.1 Å². The molecule has 0 saturated heterocycles. The predicted octanol–water partition coefficient (Wildman–Crippen LogP) is 2.31. The zero-order valence-electron chi connectivity index (χ0n) is 12.7. The van der Waals surface area contributed by atoms with E-state index in [1.807, 2.05) is 6.92 Å². The molecule has 2 aromatic carbocycles. The SMILES string of the molecule is CCOc1cccc(/C=N\NS(=O)(=O)c2ccc([N+](=O)[O-])cc2)c1. The molecule has 0 heterocycles. The summed E-state index contributed by atoms with van der Waals surface area (Å²) in [6.45, 7) is 2.38. The van der Waals surface area contributed by atoms with Crippen molar-refractivity contribution in [3.63, 3.8) is 0 Å². The molecule has 0 aliphatic carbocycles. The lowest BCUT2D eigenvalue weighted by atomic mass is 10.2. The third-order valence-electron chi connectivity index (χ3n) is 2.91. The summed E-state index contributed by atoms with van der Waals surface area (Å²) < 4.78 is 29.4. The minimum Gasteiger partial charge on any atom is -0.494 e. The van der Waals surface area contributed by atoms with Crippen LogP contribution in [0.15, 0.2) is 58.5 Å². The number of benzene rings is 2. The van der Waals surface area contributed by atoms with Gasteiger partial charge < -0.3 is 4.74 Å². The van der Waals surface area contributed by atoms with Gasteiger partial charge in [-0.25, -0.2) is 4.83 Å². The van der Waals surface area contributed by atoms with Crippen LogP contribution in [0.3, 0.4) is 0 Å². The average molecular weight is 349 g/mol. The minimum atomic E-state index is -3.89. The van der Waals surface area contributed by atoms with E-state index >= 15 is 0 Å². The van der Waals surface area contributed by atoms with E-state index in [1.54, 1.807) is 24.3 Å². The second kappa shape index (κ2) is 7.55. The van der Waals surface area contributed by atoms with Gasteiger partial charge >= 0.3 is 0 Å². The molecule has 0 aliphatic rings. The van der Waals surface area contributed by atoms with Gasteiger partial charge in [0.15, 0.2) is 0 Å². The summed E-state index contributed by atoms with van der Waals surface area (Å²) in [6.07, 6.45) is 1.34. The van der Waals surface area contributed by atoms with Crippen LogP contribution < -0.4 is 9.57 Å². The van der Waals surface area contributed by atoms with Crippen molar-refractivity contribution in [2.24, 2.45) is 5.10 Å². The van der Waals surface area contributed by atoms with Crippen molar-refractivity contribution in [3.8, 4) is 5.75 Å². The highest BCUT2D eigenvalue weighted by atomic mass is 32.2. The van der Waals surface area contributed by atoms with Crippen LogP contribution in [0.25, 0.3) is 0 Å². The molecule has 0 amide bonds. The Kier molecular flexibility index (Phi) is 5.48. The summed E-state index contributed by atoms with van der Waals surface area (Å²) in [4.78, 5) is 11.9. The zero-order chi connectivity index (χ0) is 17.6. The number of nitrogens with one attached hydrogen (secondary N) is 1. The molecular weight excluding hydrogens is 334 g/mol. The summed E-state index contributed by atoms with van der Waals surface area (Å²) in [6, 6.07) is 11.5. The van der Waals surface area contributed by atoms with Crippen LogP contribution in [-0.4, -0.2) is 26.2 Å². The van der Waals surface area contributed by atoms with Crippen LogP contribution >= 0.6 is 0 Å². The van der Waals surface area contributed by atoms with Gasteiger partial charge in [-0.1, -0.05) is 12.1 Å². The maximum atomic E-state index is 12.1. The van der Waals surface area contributed by atoms with Crippen molar-refractivity contribution < 1.29 is 18.1 Å². The maximum absolute atomic E-state index is 12.1. The highest BCUT2D eigenvalue weighted by Crippen LogP contribution is 2.15. The summed E-state index contributed by atoms with van der Waals surface area (Å²) >= 11 is 0. The van der Waals surface area contributed by atoms with Gasteiger partial charge in [-0.05, 0) is 36.8 Å². The lowest BCUT2D eigenvalue weighted by Gasteiger charge is -2.04. The molecule has 2 aromatic rings. The number of hydrogen-bond acceptors (Lipinski definition) is 6. The second-order valence-corrected chi connectivity index (χ2v) is 6.27. The van der Waals surface area contributed by atoms with Crippen molar-refractivity contribution in [1.29, 1.82) is 0 Å². The molecule has 8 nitrogen and oxygen atoms in total. The van der Waals surface area contributed by atoms with Crippen molar-refractivity contribution in [1.82, 2.24) is 4.83 Å². The fourth-order valence-corrected chi connectivity index (χ4v) is 2.61. The number of hydrazone groups is 1.